The third-order valence-corrected chi connectivity index (χ3v) is 6.88. The SMILES string of the molecule is CO[Si](C[N+]1(C(C)C)CCCC1)(OC)OC. The summed E-state index contributed by atoms with van der Waals surface area (Å²) in [5.74, 6) is 0. The largest absolute Gasteiger partial charge is 0.558 e. The Kier molecular flexibility index (Phi) is 4.94. The molecule has 0 saturated carbocycles. The van der Waals surface area contributed by atoms with Crippen molar-refractivity contribution in [3.8, 4) is 0 Å². The van der Waals surface area contributed by atoms with Gasteiger partial charge in [-0.1, -0.05) is 0 Å². The van der Waals surface area contributed by atoms with Crippen molar-refractivity contribution in [3.05, 3.63) is 0 Å². The maximum Gasteiger partial charge on any atom is 0.558 e. The Morgan fingerprint density at radius 3 is 1.75 bits per heavy atom. The number of hydrogen-bond acceptors (Lipinski definition) is 3. The van der Waals surface area contributed by atoms with Crippen LogP contribution in [0.1, 0.15) is 26.7 Å². The van der Waals surface area contributed by atoms with Gasteiger partial charge in [-0.15, -0.1) is 0 Å². The number of nitrogens with zero attached hydrogens (tertiary/aromatic N) is 1. The Balaban J connectivity index is 2.81. The monoisotopic (exact) mass is 248 g/mol. The van der Waals surface area contributed by atoms with Crippen molar-refractivity contribution in [2.24, 2.45) is 0 Å². The first kappa shape index (κ1) is 14.1. The lowest BCUT2D eigenvalue weighted by Crippen LogP contribution is -2.63. The molecule has 0 radical (unpaired) electrons. The number of likely N-dealkylation sites (tertiary alicyclic amines) is 1. The highest BCUT2D eigenvalue weighted by atomic mass is 28.4. The molecule has 1 aliphatic heterocycles. The zero-order valence-corrected chi connectivity index (χ0v) is 12.3. The summed E-state index contributed by atoms with van der Waals surface area (Å²) < 4.78 is 17.7. The molecule has 1 saturated heterocycles. The van der Waals surface area contributed by atoms with Crippen molar-refractivity contribution in [2.75, 3.05) is 40.6 Å². The zero-order valence-electron chi connectivity index (χ0n) is 11.3. The predicted molar refractivity (Wildman–Crippen MR) is 66.0 cm³/mol. The summed E-state index contributed by atoms with van der Waals surface area (Å²) in [5.41, 5.74) is 0. The Bertz CT molecular complexity index is 205. The highest BCUT2D eigenvalue weighted by molar-refractivity contribution is 6.60. The number of quaternary nitrogens is 1. The minimum Gasteiger partial charge on any atom is -0.374 e. The van der Waals surface area contributed by atoms with Gasteiger partial charge in [-0.05, 0) is 13.8 Å². The van der Waals surface area contributed by atoms with E-state index in [-0.39, 0.29) is 0 Å². The molecule has 1 heterocycles. The standard InChI is InChI=1S/C11H26NO3Si/c1-11(2)12(8-6-7-9-12)10-16(13-3,14-4)15-5/h11H,6-10H2,1-5H3/q+1. The summed E-state index contributed by atoms with van der Waals surface area (Å²) in [7, 11) is 2.66. The first-order valence-electron chi connectivity index (χ1n) is 6.05. The van der Waals surface area contributed by atoms with Gasteiger partial charge in [0.2, 0.25) is 0 Å². The van der Waals surface area contributed by atoms with Crippen LogP contribution in [0.3, 0.4) is 0 Å². The normalized spacial score (nSPS) is 20.6. The highest BCUT2D eigenvalue weighted by Gasteiger charge is 2.50. The van der Waals surface area contributed by atoms with Gasteiger partial charge in [0.1, 0.15) is 6.17 Å². The van der Waals surface area contributed by atoms with Gasteiger partial charge < -0.3 is 17.8 Å². The van der Waals surface area contributed by atoms with E-state index in [1.165, 1.54) is 25.9 Å². The fourth-order valence-electron chi connectivity index (χ4n) is 2.65. The van der Waals surface area contributed by atoms with Crippen molar-refractivity contribution in [1.82, 2.24) is 0 Å². The Morgan fingerprint density at radius 2 is 1.44 bits per heavy atom. The second-order valence-electron chi connectivity index (χ2n) is 4.92. The zero-order chi connectivity index (χ0) is 12.2. The van der Waals surface area contributed by atoms with Crippen LogP contribution in [0, 0.1) is 0 Å². The van der Waals surface area contributed by atoms with Crippen LogP contribution < -0.4 is 0 Å². The molecule has 96 valence electrons. The van der Waals surface area contributed by atoms with Crippen LogP contribution in [-0.2, 0) is 13.3 Å². The van der Waals surface area contributed by atoms with Crippen LogP contribution in [0.4, 0.5) is 0 Å². The van der Waals surface area contributed by atoms with Gasteiger partial charge in [0.05, 0.1) is 19.1 Å². The topological polar surface area (TPSA) is 27.7 Å². The third-order valence-electron chi connectivity index (χ3n) is 3.99. The molecule has 0 unspecified atom stereocenters. The first-order chi connectivity index (χ1) is 7.54. The van der Waals surface area contributed by atoms with Crippen molar-refractivity contribution >= 4 is 8.80 Å². The van der Waals surface area contributed by atoms with Gasteiger partial charge in [0, 0.05) is 34.2 Å². The summed E-state index contributed by atoms with van der Waals surface area (Å²) in [5, 5.41) is 0. The molecule has 0 aromatic heterocycles. The lowest BCUT2D eigenvalue weighted by molar-refractivity contribution is -0.929. The summed E-state index contributed by atoms with van der Waals surface area (Å²) in [6.45, 7) is 7.02. The van der Waals surface area contributed by atoms with Gasteiger partial charge in [0.15, 0.2) is 0 Å². The Hall–Kier alpha value is 0.0569. The average Bonchev–Trinajstić information content (AvgIpc) is 2.76. The molecular weight excluding hydrogens is 222 g/mol. The average molecular weight is 248 g/mol. The number of rotatable bonds is 6. The van der Waals surface area contributed by atoms with Crippen LogP contribution in [0.2, 0.25) is 0 Å². The van der Waals surface area contributed by atoms with E-state index < -0.39 is 8.80 Å². The van der Waals surface area contributed by atoms with Crippen LogP contribution >= 0.6 is 0 Å². The highest BCUT2D eigenvalue weighted by Crippen LogP contribution is 2.27. The van der Waals surface area contributed by atoms with Crippen molar-refractivity contribution in [2.45, 2.75) is 32.7 Å². The molecule has 0 amide bonds. The lowest BCUT2D eigenvalue weighted by atomic mass is 10.3. The molecule has 0 atom stereocenters. The van der Waals surface area contributed by atoms with Crippen LogP contribution in [0.5, 0.6) is 0 Å². The van der Waals surface area contributed by atoms with Gasteiger partial charge in [-0.3, -0.25) is 0 Å². The maximum absolute atomic E-state index is 5.55. The van der Waals surface area contributed by atoms with Gasteiger partial charge in [0.25, 0.3) is 0 Å². The van der Waals surface area contributed by atoms with Crippen LogP contribution in [0.25, 0.3) is 0 Å². The van der Waals surface area contributed by atoms with Crippen molar-refractivity contribution in [3.63, 3.8) is 0 Å². The predicted octanol–water partition coefficient (Wildman–Crippen LogP) is 1.42. The lowest BCUT2D eigenvalue weighted by Gasteiger charge is -2.42. The van der Waals surface area contributed by atoms with E-state index in [9.17, 15) is 0 Å². The third kappa shape index (κ3) is 2.65. The summed E-state index contributed by atoms with van der Waals surface area (Å²) >= 11 is 0. The molecule has 1 rings (SSSR count). The van der Waals surface area contributed by atoms with Crippen molar-refractivity contribution < 1.29 is 17.8 Å². The molecule has 0 bridgehead atoms. The second kappa shape index (κ2) is 5.60. The van der Waals surface area contributed by atoms with Crippen molar-refractivity contribution in [1.29, 1.82) is 0 Å². The van der Waals surface area contributed by atoms with E-state index in [1.54, 1.807) is 21.3 Å². The van der Waals surface area contributed by atoms with E-state index >= 15 is 0 Å². The minimum atomic E-state index is -2.45. The van der Waals surface area contributed by atoms with Crippen LogP contribution in [-0.4, -0.2) is 59.9 Å². The molecule has 0 spiro atoms. The molecule has 5 heteroatoms. The molecule has 0 aromatic carbocycles. The molecule has 1 aliphatic rings. The fraction of sp³-hybridized carbons (Fsp3) is 1.00. The first-order valence-corrected chi connectivity index (χ1v) is 7.98. The quantitative estimate of drug-likeness (QED) is 0.526. The Morgan fingerprint density at radius 1 is 1.00 bits per heavy atom. The summed E-state index contributed by atoms with van der Waals surface area (Å²) in [6.07, 6.45) is 3.51. The summed E-state index contributed by atoms with van der Waals surface area (Å²) in [6, 6.07) is 0.606. The molecule has 4 nitrogen and oxygen atoms in total. The molecule has 0 N–H and O–H groups in total. The van der Waals surface area contributed by atoms with E-state index in [0.29, 0.717) is 6.04 Å². The van der Waals surface area contributed by atoms with E-state index in [4.69, 9.17) is 13.3 Å². The van der Waals surface area contributed by atoms with Gasteiger partial charge >= 0.3 is 8.80 Å². The second-order valence-corrected chi connectivity index (χ2v) is 7.83. The smallest absolute Gasteiger partial charge is 0.374 e. The molecule has 1 fully saturated rings. The van der Waals surface area contributed by atoms with Crippen LogP contribution in [0.15, 0.2) is 0 Å². The molecule has 16 heavy (non-hydrogen) atoms. The van der Waals surface area contributed by atoms with E-state index in [0.717, 1.165) is 10.7 Å². The fourth-order valence-corrected chi connectivity index (χ4v) is 4.99. The van der Waals surface area contributed by atoms with Gasteiger partial charge in [-0.25, -0.2) is 0 Å². The van der Waals surface area contributed by atoms with E-state index in [1.807, 2.05) is 0 Å². The molecule has 0 aromatic rings. The maximum atomic E-state index is 5.55. The van der Waals surface area contributed by atoms with E-state index in [2.05, 4.69) is 13.8 Å². The molecular formula is C11H26NO3Si+. The minimum absolute atomic E-state index is 0.606. The Labute approximate surface area is 100 Å². The molecule has 0 aliphatic carbocycles. The number of hydrogen-bond donors (Lipinski definition) is 0. The van der Waals surface area contributed by atoms with Gasteiger partial charge in [-0.2, -0.15) is 0 Å². The summed E-state index contributed by atoms with van der Waals surface area (Å²) in [4.78, 5) is 0.